The van der Waals surface area contributed by atoms with Crippen LogP contribution in [0, 0.1) is 6.92 Å². The van der Waals surface area contributed by atoms with Crippen LogP contribution < -0.4 is 5.73 Å². The highest BCUT2D eigenvalue weighted by molar-refractivity contribution is 9.10. The van der Waals surface area contributed by atoms with E-state index in [1.165, 1.54) is 12.1 Å². The van der Waals surface area contributed by atoms with E-state index in [0.717, 1.165) is 29.8 Å². The SMILES string of the molecule is CC[Si](CC)(CC)OC(c1ccc(C)cc1)C(F)(F)C=Cc1cc(Br)ccc1C(N)=O. The predicted octanol–water partition coefficient (Wildman–Crippen LogP) is 7.27. The molecule has 2 aromatic carbocycles. The maximum atomic E-state index is 15.6. The summed E-state index contributed by atoms with van der Waals surface area (Å²) >= 11 is 3.31. The Bertz CT molecular complexity index is 919. The van der Waals surface area contributed by atoms with Gasteiger partial charge in [-0.05, 0) is 60.5 Å². The fourth-order valence-electron chi connectivity index (χ4n) is 3.54. The molecule has 0 aliphatic rings. The third-order valence-corrected chi connectivity index (χ3v) is 10.9. The van der Waals surface area contributed by atoms with Crippen LogP contribution in [0.4, 0.5) is 8.78 Å². The van der Waals surface area contributed by atoms with Crippen LogP contribution >= 0.6 is 15.9 Å². The molecule has 0 heterocycles. The highest BCUT2D eigenvalue weighted by atomic mass is 79.9. The summed E-state index contributed by atoms with van der Waals surface area (Å²) < 4.78 is 38.2. The Kier molecular flexibility index (Phi) is 8.74. The third-order valence-electron chi connectivity index (χ3n) is 5.79. The Morgan fingerprint density at radius 2 is 1.71 bits per heavy atom. The molecule has 168 valence electrons. The number of benzene rings is 2. The van der Waals surface area contributed by atoms with Gasteiger partial charge >= 0.3 is 0 Å². The average molecular weight is 510 g/mol. The monoisotopic (exact) mass is 509 g/mol. The molecule has 0 aliphatic carbocycles. The number of alkyl halides is 2. The lowest BCUT2D eigenvalue weighted by atomic mass is 10.00. The van der Waals surface area contributed by atoms with Gasteiger partial charge in [-0.3, -0.25) is 4.79 Å². The van der Waals surface area contributed by atoms with Crippen LogP contribution in [0.15, 0.2) is 53.0 Å². The van der Waals surface area contributed by atoms with Crippen LogP contribution in [0.25, 0.3) is 6.08 Å². The first-order valence-corrected chi connectivity index (χ1v) is 13.8. The molecule has 1 unspecified atom stereocenters. The van der Waals surface area contributed by atoms with E-state index in [0.29, 0.717) is 15.6 Å². The van der Waals surface area contributed by atoms with Crippen LogP contribution in [0.3, 0.4) is 0 Å². The molecule has 3 nitrogen and oxygen atoms in total. The van der Waals surface area contributed by atoms with E-state index in [9.17, 15) is 4.79 Å². The van der Waals surface area contributed by atoms with Gasteiger partial charge in [0, 0.05) is 10.0 Å². The highest BCUT2D eigenvalue weighted by Gasteiger charge is 2.44. The van der Waals surface area contributed by atoms with Crippen LogP contribution in [0.2, 0.25) is 18.1 Å². The Morgan fingerprint density at radius 3 is 2.23 bits per heavy atom. The maximum absolute atomic E-state index is 15.6. The van der Waals surface area contributed by atoms with Crippen LogP contribution in [-0.2, 0) is 4.43 Å². The molecule has 0 radical (unpaired) electrons. The zero-order chi connectivity index (χ0) is 23.2. The van der Waals surface area contributed by atoms with Crippen molar-refractivity contribution in [2.45, 2.75) is 57.9 Å². The number of carbonyl (C=O) groups is 1. The van der Waals surface area contributed by atoms with Crippen molar-refractivity contribution in [2.24, 2.45) is 5.73 Å². The largest absolute Gasteiger partial charge is 0.404 e. The molecule has 0 aliphatic heterocycles. The molecular formula is C24H30BrF2NO2Si. The first kappa shape index (κ1) is 25.4. The quantitative estimate of drug-likeness (QED) is 0.342. The van der Waals surface area contributed by atoms with E-state index in [1.54, 1.807) is 24.3 Å². The minimum atomic E-state index is -3.29. The van der Waals surface area contributed by atoms with Crippen LogP contribution in [0.5, 0.6) is 0 Å². The van der Waals surface area contributed by atoms with E-state index in [2.05, 4.69) is 15.9 Å². The van der Waals surface area contributed by atoms with E-state index in [-0.39, 0.29) is 5.56 Å². The molecule has 0 bridgehead atoms. The molecular weight excluding hydrogens is 480 g/mol. The number of rotatable bonds is 10. The minimum absolute atomic E-state index is 0.183. The number of nitrogens with two attached hydrogens (primary N) is 1. The molecule has 1 amide bonds. The van der Waals surface area contributed by atoms with Gasteiger partial charge in [0.25, 0.3) is 5.92 Å². The summed E-state index contributed by atoms with van der Waals surface area (Å²) in [6.07, 6.45) is 0.675. The molecule has 0 saturated heterocycles. The molecule has 2 aromatic rings. The number of amides is 1. The zero-order valence-electron chi connectivity index (χ0n) is 18.4. The van der Waals surface area contributed by atoms with Crippen molar-refractivity contribution < 1.29 is 18.0 Å². The maximum Gasteiger partial charge on any atom is 0.295 e. The second-order valence-corrected chi connectivity index (χ2v) is 13.4. The summed E-state index contributed by atoms with van der Waals surface area (Å²) in [7, 11) is -2.33. The Morgan fingerprint density at radius 1 is 1.13 bits per heavy atom. The molecule has 7 heteroatoms. The number of primary amides is 1. The fraction of sp³-hybridized carbons (Fsp3) is 0.375. The van der Waals surface area contributed by atoms with Gasteiger partial charge in [0.1, 0.15) is 6.10 Å². The number of halogens is 3. The van der Waals surface area contributed by atoms with Gasteiger partial charge < -0.3 is 10.2 Å². The van der Waals surface area contributed by atoms with Crippen molar-refractivity contribution in [1.29, 1.82) is 0 Å². The first-order valence-electron chi connectivity index (χ1n) is 10.5. The van der Waals surface area contributed by atoms with Gasteiger partial charge in [0.15, 0.2) is 8.32 Å². The fourth-order valence-corrected chi connectivity index (χ4v) is 6.72. The highest BCUT2D eigenvalue weighted by Crippen LogP contribution is 2.41. The summed E-state index contributed by atoms with van der Waals surface area (Å²) in [5.41, 5.74) is 7.36. The number of hydrogen-bond donors (Lipinski definition) is 1. The zero-order valence-corrected chi connectivity index (χ0v) is 21.0. The summed E-state index contributed by atoms with van der Waals surface area (Å²) in [6, 6.07) is 14.1. The normalized spacial score (nSPS) is 13.5. The first-order chi connectivity index (χ1) is 14.6. The lowest BCUT2D eigenvalue weighted by Crippen LogP contribution is -2.41. The minimum Gasteiger partial charge on any atom is -0.404 e. The summed E-state index contributed by atoms with van der Waals surface area (Å²) in [6.45, 7) is 7.96. The summed E-state index contributed by atoms with van der Waals surface area (Å²) in [4.78, 5) is 11.7. The molecule has 0 aromatic heterocycles. The predicted molar refractivity (Wildman–Crippen MR) is 129 cm³/mol. The van der Waals surface area contributed by atoms with Gasteiger partial charge in [-0.1, -0.05) is 72.6 Å². The Balaban J connectivity index is 2.51. The molecule has 0 saturated carbocycles. The molecule has 2 N–H and O–H groups in total. The van der Waals surface area contributed by atoms with Gasteiger partial charge in [-0.15, -0.1) is 0 Å². The summed E-state index contributed by atoms with van der Waals surface area (Å²) in [5, 5.41) is 0. The molecule has 1 atom stereocenters. The van der Waals surface area contributed by atoms with Crippen LogP contribution in [0.1, 0.15) is 53.9 Å². The number of aryl methyl sites for hydroxylation is 1. The molecule has 2 rings (SSSR count). The van der Waals surface area contributed by atoms with Gasteiger partial charge in [-0.25, -0.2) is 0 Å². The van der Waals surface area contributed by atoms with Crippen molar-refractivity contribution in [3.63, 3.8) is 0 Å². The average Bonchev–Trinajstić information content (AvgIpc) is 2.74. The topological polar surface area (TPSA) is 52.3 Å². The molecule has 31 heavy (non-hydrogen) atoms. The lowest BCUT2D eigenvalue weighted by Gasteiger charge is -2.36. The van der Waals surface area contributed by atoms with E-state index < -0.39 is 26.3 Å². The van der Waals surface area contributed by atoms with E-state index >= 15 is 8.78 Å². The summed E-state index contributed by atoms with van der Waals surface area (Å²) in [5.74, 6) is -3.96. The van der Waals surface area contributed by atoms with Gasteiger partial charge in [0.2, 0.25) is 5.91 Å². The van der Waals surface area contributed by atoms with Crippen molar-refractivity contribution in [2.75, 3.05) is 0 Å². The van der Waals surface area contributed by atoms with Crippen molar-refractivity contribution >= 4 is 36.2 Å². The lowest BCUT2D eigenvalue weighted by molar-refractivity contribution is -0.0627. The molecule has 0 fully saturated rings. The smallest absolute Gasteiger partial charge is 0.295 e. The number of hydrogen-bond acceptors (Lipinski definition) is 2. The Hall–Kier alpha value is -1.83. The van der Waals surface area contributed by atoms with Gasteiger partial charge in [0.05, 0.1) is 0 Å². The second-order valence-electron chi connectivity index (χ2n) is 7.76. The van der Waals surface area contributed by atoms with Crippen molar-refractivity contribution in [3.05, 3.63) is 75.3 Å². The standard InChI is InChI=1S/C24H30BrF2NO2Si/c1-5-31(6-2,7-3)30-22(18-10-8-17(4)9-11-18)24(26,27)15-14-19-16-20(25)12-13-21(19)23(28)29/h8-16,22H,5-7H2,1-4H3,(H2,28,29). The number of carbonyl (C=O) groups excluding carboxylic acids is 1. The third kappa shape index (κ3) is 6.34. The van der Waals surface area contributed by atoms with E-state index in [4.69, 9.17) is 10.2 Å². The Labute approximate surface area is 192 Å². The van der Waals surface area contributed by atoms with Crippen molar-refractivity contribution in [1.82, 2.24) is 0 Å². The van der Waals surface area contributed by atoms with Crippen molar-refractivity contribution in [3.8, 4) is 0 Å². The van der Waals surface area contributed by atoms with E-state index in [1.807, 2.05) is 39.8 Å². The second kappa shape index (κ2) is 10.7. The van der Waals surface area contributed by atoms with Gasteiger partial charge in [-0.2, -0.15) is 8.78 Å². The molecule has 0 spiro atoms. The van der Waals surface area contributed by atoms with Crippen LogP contribution in [-0.4, -0.2) is 20.1 Å².